The average molecular weight is 484 g/mol. The fraction of sp³-hybridized carbons (Fsp3) is 0.333. The molecule has 12 heteroatoms. The third-order valence-electron chi connectivity index (χ3n) is 4.58. The molecule has 0 bridgehead atoms. The molecule has 2 aromatic rings. The first kappa shape index (κ1) is 24.4. The first-order valence-corrected chi connectivity index (χ1v) is 11.4. The quantitative estimate of drug-likeness (QED) is 0.552. The van der Waals surface area contributed by atoms with E-state index in [2.05, 4.69) is 10.0 Å². The van der Waals surface area contributed by atoms with Gasteiger partial charge in [-0.2, -0.15) is 4.72 Å². The van der Waals surface area contributed by atoms with Gasteiger partial charge in [-0.05, 0) is 30.2 Å². The van der Waals surface area contributed by atoms with Gasteiger partial charge in [0.1, 0.15) is 19.3 Å². The van der Waals surface area contributed by atoms with Gasteiger partial charge < -0.3 is 19.5 Å². The monoisotopic (exact) mass is 484 g/mol. The SMILES string of the molecule is CC(C)C(NS(=O)(=O)c1ccc2c(c1)OCCO2)C(=O)OCC(=O)Nc1ccc(F)c(F)c1. The van der Waals surface area contributed by atoms with Gasteiger partial charge in [-0.25, -0.2) is 17.2 Å². The number of halogens is 2. The van der Waals surface area contributed by atoms with E-state index in [1.807, 2.05) is 0 Å². The number of anilines is 1. The molecule has 1 amide bonds. The maximum absolute atomic E-state index is 13.2. The number of sulfonamides is 1. The van der Waals surface area contributed by atoms with Crippen LogP contribution in [0.25, 0.3) is 0 Å². The highest BCUT2D eigenvalue weighted by atomic mass is 32.2. The molecular weight excluding hydrogens is 462 g/mol. The normalized spacial score (nSPS) is 14.0. The van der Waals surface area contributed by atoms with Crippen LogP contribution in [0.2, 0.25) is 0 Å². The predicted octanol–water partition coefficient (Wildman–Crippen LogP) is 2.22. The molecule has 1 aliphatic rings. The van der Waals surface area contributed by atoms with E-state index in [4.69, 9.17) is 14.2 Å². The Morgan fingerprint density at radius 1 is 1.03 bits per heavy atom. The lowest BCUT2D eigenvalue weighted by Crippen LogP contribution is -2.45. The van der Waals surface area contributed by atoms with Crippen LogP contribution in [0.5, 0.6) is 11.5 Å². The Morgan fingerprint density at radius 2 is 1.73 bits per heavy atom. The Morgan fingerprint density at radius 3 is 2.39 bits per heavy atom. The second-order valence-corrected chi connectivity index (χ2v) is 9.15. The van der Waals surface area contributed by atoms with Crippen LogP contribution in [0.1, 0.15) is 13.8 Å². The molecule has 0 spiro atoms. The van der Waals surface area contributed by atoms with E-state index in [1.54, 1.807) is 13.8 Å². The summed E-state index contributed by atoms with van der Waals surface area (Å²) in [7, 11) is -4.14. The molecule has 9 nitrogen and oxygen atoms in total. The van der Waals surface area contributed by atoms with E-state index in [1.165, 1.54) is 18.2 Å². The zero-order valence-corrected chi connectivity index (χ0v) is 18.6. The second-order valence-electron chi connectivity index (χ2n) is 7.43. The Bertz CT molecular complexity index is 1160. The van der Waals surface area contributed by atoms with E-state index in [0.29, 0.717) is 12.4 Å². The van der Waals surface area contributed by atoms with Crippen LogP contribution in [0.3, 0.4) is 0 Å². The van der Waals surface area contributed by atoms with Gasteiger partial charge in [0.2, 0.25) is 10.0 Å². The van der Waals surface area contributed by atoms with Crippen molar-refractivity contribution in [1.29, 1.82) is 0 Å². The molecule has 1 aliphatic heterocycles. The van der Waals surface area contributed by atoms with Gasteiger partial charge in [0.25, 0.3) is 5.91 Å². The topological polar surface area (TPSA) is 120 Å². The molecule has 33 heavy (non-hydrogen) atoms. The van der Waals surface area contributed by atoms with Crippen molar-refractivity contribution in [2.24, 2.45) is 5.92 Å². The van der Waals surface area contributed by atoms with Crippen LogP contribution < -0.4 is 19.5 Å². The number of hydrogen-bond donors (Lipinski definition) is 2. The molecule has 2 N–H and O–H groups in total. The molecule has 3 rings (SSSR count). The van der Waals surface area contributed by atoms with Gasteiger partial charge in [-0.15, -0.1) is 0 Å². The Labute approximate surface area is 189 Å². The number of amides is 1. The number of hydrogen-bond acceptors (Lipinski definition) is 7. The molecule has 0 fully saturated rings. The Kier molecular flexibility index (Phi) is 7.49. The van der Waals surface area contributed by atoms with Gasteiger partial charge in [-0.3, -0.25) is 9.59 Å². The van der Waals surface area contributed by atoms with Gasteiger partial charge in [0, 0.05) is 17.8 Å². The molecule has 2 aromatic carbocycles. The number of rotatable bonds is 8. The van der Waals surface area contributed by atoms with Crippen molar-refractivity contribution in [3.05, 3.63) is 48.0 Å². The van der Waals surface area contributed by atoms with Crippen LogP contribution in [0.15, 0.2) is 41.3 Å². The minimum Gasteiger partial charge on any atom is -0.486 e. The van der Waals surface area contributed by atoms with Gasteiger partial charge >= 0.3 is 5.97 Å². The number of fused-ring (bicyclic) bond motifs is 1. The van der Waals surface area contributed by atoms with Crippen LogP contribution >= 0.6 is 0 Å². The minimum absolute atomic E-state index is 0.0327. The second kappa shape index (κ2) is 10.1. The van der Waals surface area contributed by atoms with E-state index in [0.717, 1.165) is 18.2 Å². The molecule has 1 atom stereocenters. The molecule has 1 unspecified atom stereocenters. The summed E-state index contributed by atoms with van der Waals surface area (Å²) in [5.74, 6) is -3.87. The predicted molar refractivity (Wildman–Crippen MR) is 112 cm³/mol. The molecule has 0 radical (unpaired) electrons. The molecule has 0 aliphatic carbocycles. The molecular formula is C21H22F2N2O7S. The number of esters is 1. The molecule has 178 valence electrons. The van der Waals surface area contributed by atoms with E-state index in [-0.39, 0.29) is 22.9 Å². The summed E-state index contributed by atoms with van der Waals surface area (Å²) in [6.07, 6.45) is 0. The molecule has 0 aromatic heterocycles. The maximum atomic E-state index is 13.2. The lowest BCUT2D eigenvalue weighted by atomic mass is 10.1. The molecule has 0 saturated heterocycles. The number of carbonyl (C=O) groups is 2. The van der Waals surface area contributed by atoms with E-state index < -0.39 is 52.1 Å². The number of ether oxygens (including phenoxy) is 3. The fourth-order valence-electron chi connectivity index (χ4n) is 2.88. The summed E-state index contributed by atoms with van der Waals surface area (Å²) < 4.78 is 69.8. The molecule has 1 heterocycles. The lowest BCUT2D eigenvalue weighted by Gasteiger charge is -2.22. The van der Waals surface area contributed by atoms with Gasteiger partial charge in [0.05, 0.1) is 4.90 Å². The van der Waals surface area contributed by atoms with Crippen LogP contribution in [0, 0.1) is 17.6 Å². The zero-order chi connectivity index (χ0) is 24.2. The summed E-state index contributed by atoms with van der Waals surface area (Å²) in [5, 5.41) is 2.25. The van der Waals surface area contributed by atoms with E-state index in [9.17, 15) is 26.8 Å². The Hall–Kier alpha value is -3.25. The highest BCUT2D eigenvalue weighted by Gasteiger charge is 2.31. The van der Waals surface area contributed by atoms with Crippen molar-refractivity contribution in [2.75, 3.05) is 25.1 Å². The van der Waals surface area contributed by atoms with E-state index >= 15 is 0 Å². The summed E-state index contributed by atoms with van der Waals surface area (Å²) >= 11 is 0. The van der Waals surface area contributed by atoms with Crippen molar-refractivity contribution >= 4 is 27.6 Å². The van der Waals surface area contributed by atoms with Gasteiger partial charge in [-0.1, -0.05) is 13.8 Å². The summed E-state index contributed by atoms with van der Waals surface area (Å²) in [4.78, 5) is 24.3. The fourth-order valence-corrected chi connectivity index (χ4v) is 4.23. The average Bonchev–Trinajstić information content (AvgIpc) is 2.78. The first-order chi connectivity index (χ1) is 15.6. The highest BCUT2D eigenvalue weighted by Crippen LogP contribution is 2.32. The van der Waals surface area contributed by atoms with Crippen LogP contribution in [-0.4, -0.2) is 46.2 Å². The van der Waals surface area contributed by atoms with Crippen molar-refractivity contribution in [1.82, 2.24) is 4.72 Å². The van der Waals surface area contributed by atoms with Crippen molar-refractivity contribution in [2.45, 2.75) is 24.8 Å². The first-order valence-electron chi connectivity index (χ1n) is 9.90. The van der Waals surface area contributed by atoms with Crippen molar-refractivity contribution in [3.63, 3.8) is 0 Å². The number of carbonyl (C=O) groups excluding carboxylic acids is 2. The smallest absolute Gasteiger partial charge is 0.324 e. The lowest BCUT2D eigenvalue weighted by molar-refractivity contribution is -0.150. The zero-order valence-electron chi connectivity index (χ0n) is 17.8. The van der Waals surface area contributed by atoms with Crippen molar-refractivity contribution in [3.8, 4) is 11.5 Å². The highest BCUT2D eigenvalue weighted by molar-refractivity contribution is 7.89. The molecule has 0 saturated carbocycles. The number of benzene rings is 2. The van der Waals surface area contributed by atoms with Gasteiger partial charge in [0.15, 0.2) is 29.7 Å². The largest absolute Gasteiger partial charge is 0.486 e. The standard InChI is InChI=1S/C21H22F2N2O7S/c1-12(2)20(21(27)32-11-19(26)24-13-3-5-15(22)16(23)9-13)25-33(28,29)14-4-6-17-18(10-14)31-8-7-30-17/h3-6,9-10,12,20,25H,7-8,11H2,1-2H3,(H,24,26). The Balaban J connectivity index is 1.63. The minimum atomic E-state index is -4.14. The van der Waals surface area contributed by atoms with Crippen molar-refractivity contribution < 1.29 is 41.0 Å². The van der Waals surface area contributed by atoms with Crippen LogP contribution in [-0.2, 0) is 24.3 Å². The van der Waals surface area contributed by atoms with Crippen LogP contribution in [0.4, 0.5) is 14.5 Å². The summed E-state index contributed by atoms with van der Waals surface area (Å²) in [5.41, 5.74) is -0.0327. The third-order valence-corrected chi connectivity index (χ3v) is 6.01. The number of nitrogens with one attached hydrogen (secondary N) is 2. The third kappa shape index (κ3) is 6.17. The summed E-state index contributed by atoms with van der Waals surface area (Å²) in [6, 6.07) is 5.50. The maximum Gasteiger partial charge on any atom is 0.324 e. The summed E-state index contributed by atoms with van der Waals surface area (Å²) in [6.45, 7) is 3.06.